The Balaban J connectivity index is 1.83. The fourth-order valence-corrected chi connectivity index (χ4v) is 2.88. The first kappa shape index (κ1) is 16.4. The molecule has 0 spiro atoms. The number of nitrogens with one attached hydrogen (secondary N) is 1. The molecule has 1 amide bonds. The van der Waals surface area contributed by atoms with Crippen LogP contribution in [-0.4, -0.2) is 35.7 Å². The van der Waals surface area contributed by atoms with E-state index in [1.807, 2.05) is 31.2 Å². The van der Waals surface area contributed by atoms with E-state index in [1.165, 1.54) is 0 Å². The maximum absolute atomic E-state index is 11.9. The van der Waals surface area contributed by atoms with Crippen molar-refractivity contribution in [2.75, 3.05) is 18.4 Å². The van der Waals surface area contributed by atoms with Crippen LogP contribution in [0.25, 0.3) is 0 Å². The summed E-state index contributed by atoms with van der Waals surface area (Å²) in [7, 11) is 0. The highest BCUT2D eigenvalue weighted by molar-refractivity contribution is 5.84. The van der Waals surface area contributed by atoms with Gasteiger partial charge in [-0.1, -0.05) is 31.9 Å². The predicted molar refractivity (Wildman–Crippen MR) is 88.8 cm³/mol. The minimum absolute atomic E-state index is 0.0874. The molecule has 0 aromatic heterocycles. The molecule has 0 saturated carbocycles. The maximum atomic E-state index is 11.9. The molecule has 22 heavy (non-hydrogen) atoms. The van der Waals surface area contributed by atoms with Crippen molar-refractivity contribution in [3.8, 4) is 12.3 Å². The normalized spacial score (nSPS) is 15.7. The lowest BCUT2D eigenvalue weighted by molar-refractivity contribution is -0.0532. The molecule has 2 rings (SSSR count). The topological polar surface area (TPSA) is 41.6 Å². The van der Waals surface area contributed by atoms with E-state index in [4.69, 9.17) is 11.2 Å². The third-order valence-electron chi connectivity index (χ3n) is 4.43. The summed E-state index contributed by atoms with van der Waals surface area (Å²) in [6, 6.07) is 7.64. The van der Waals surface area contributed by atoms with Gasteiger partial charge in [-0.05, 0) is 37.5 Å². The lowest BCUT2D eigenvalue weighted by atomic mass is 9.88. The average molecular weight is 300 g/mol. The first-order valence-corrected chi connectivity index (χ1v) is 7.80. The molecule has 1 heterocycles. The number of benzene rings is 1. The second kappa shape index (κ2) is 6.85. The first-order chi connectivity index (χ1) is 10.5. The minimum atomic E-state index is -0.408. The maximum Gasteiger partial charge on any atom is 0.411 e. The summed E-state index contributed by atoms with van der Waals surface area (Å²) < 4.78 is 5.43. The molecule has 4 nitrogen and oxygen atoms in total. The lowest BCUT2D eigenvalue weighted by Crippen LogP contribution is -2.62. The summed E-state index contributed by atoms with van der Waals surface area (Å²) in [4.78, 5) is 14.1. The quantitative estimate of drug-likeness (QED) is 0.847. The summed E-state index contributed by atoms with van der Waals surface area (Å²) in [5.74, 6) is 2.91. The van der Waals surface area contributed by atoms with E-state index in [0.29, 0.717) is 13.1 Å². The molecule has 0 bridgehead atoms. The SMILES string of the molecule is C#CC(CC)(CC)N1CC(OC(=O)Nc2cccc(C)c2)C1. The van der Waals surface area contributed by atoms with E-state index in [0.717, 1.165) is 24.1 Å². The number of likely N-dealkylation sites (tertiary alicyclic amines) is 1. The summed E-state index contributed by atoms with van der Waals surface area (Å²) in [6.45, 7) is 7.58. The van der Waals surface area contributed by atoms with Crippen molar-refractivity contribution < 1.29 is 9.53 Å². The van der Waals surface area contributed by atoms with Crippen molar-refractivity contribution in [1.82, 2.24) is 4.90 Å². The van der Waals surface area contributed by atoms with Gasteiger partial charge in [0.05, 0.1) is 5.54 Å². The van der Waals surface area contributed by atoms with Crippen LogP contribution in [0.4, 0.5) is 10.5 Å². The number of hydrogen-bond acceptors (Lipinski definition) is 3. The Hall–Kier alpha value is -1.99. The second-order valence-corrected chi connectivity index (χ2v) is 5.81. The van der Waals surface area contributed by atoms with Crippen LogP contribution >= 0.6 is 0 Å². The molecular formula is C18H24N2O2. The van der Waals surface area contributed by atoms with E-state index in [2.05, 4.69) is 30.0 Å². The molecule has 1 aliphatic rings. The number of aryl methyl sites for hydroxylation is 1. The van der Waals surface area contributed by atoms with E-state index in [9.17, 15) is 4.79 Å². The number of carbonyl (C=O) groups is 1. The zero-order valence-corrected chi connectivity index (χ0v) is 13.6. The molecule has 1 N–H and O–H groups in total. The van der Waals surface area contributed by atoms with Gasteiger partial charge in [-0.3, -0.25) is 10.2 Å². The lowest BCUT2D eigenvalue weighted by Gasteiger charge is -2.48. The Labute approximate surface area is 132 Å². The zero-order chi connectivity index (χ0) is 16.2. The summed E-state index contributed by atoms with van der Waals surface area (Å²) >= 11 is 0. The molecule has 118 valence electrons. The van der Waals surface area contributed by atoms with Gasteiger partial charge in [0.15, 0.2) is 0 Å². The smallest absolute Gasteiger partial charge is 0.411 e. The van der Waals surface area contributed by atoms with Gasteiger partial charge >= 0.3 is 6.09 Å². The Morgan fingerprint density at radius 2 is 2.14 bits per heavy atom. The molecular weight excluding hydrogens is 276 g/mol. The molecule has 0 aliphatic carbocycles. The van der Waals surface area contributed by atoms with Gasteiger partial charge in [0.25, 0.3) is 0 Å². The van der Waals surface area contributed by atoms with Crippen molar-refractivity contribution in [3.63, 3.8) is 0 Å². The molecule has 0 unspecified atom stereocenters. The summed E-state index contributed by atoms with van der Waals surface area (Å²) in [6.07, 6.45) is 7.01. The van der Waals surface area contributed by atoms with Crippen LogP contribution < -0.4 is 5.32 Å². The predicted octanol–water partition coefficient (Wildman–Crippen LogP) is 3.42. The van der Waals surface area contributed by atoms with Gasteiger partial charge < -0.3 is 4.74 Å². The van der Waals surface area contributed by atoms with Crippen molar-refractivity contribution >= 4 is 11.8 Å². The number of nitrogens with zero attached hydrogens (tertiary/aromatic N) is 1. The van der Waals surface area contributed by atoms with Gasteiger partial charge in [0, 0.05) is 18.8 Å². The number of rotatable bonds is 5. The number of carbonyl (C=O) groups excluding carboxylic acids is 1. The highest BCUT2D eigenvalue weighted by Gasteiger charge is 2.41. The van der Waals surface area contributed by atoms with E-state index in [-0.39, 0.29) is 11.6 Å². The standard InChI is InChI=1S/C18H24N2O2/c1-5-18(6-2,7-3)20-12-16(13-20)22-17(21)19-15-10-8-9-14(4)11-15/h1,8-11,16H,6-7,12-13H2,2-4H3,(H,19,21). The molecule has 1 aromatic rings. The average Bonchev–Trinajstić information content (AvgIpc) is 2.46. The van der Waals surface area contributed by atoms with Crippen LogP contribution in [-0.2, 0) is 4.74 Å². The van der Waals surface area contributed by atoms with Gasteiger partial charge in [0.1, 0.15) is 6.10 Å². The monoisotopic (exact) mass is 300 g/mol. The van der Waals surface area contributed by atoms with Crippen LogP contribution in [0.1, 0.15) is 32.3 Å². The fourth-order valence-electron chi connectivity index (χ4n) is 2.88. The first-order valence-electron chi connectivity index (χ1n) is 7.80. The van der Waals surface area contributed by atoms with Crippen LogP contribution in [0.5, 0.6) is 0 Å². The zero-order valence-electron chi connectivity index (χ0n) is 13.6. The number of anilines is 1. The largest absolute Gasteiger partial charge is 0.443 e. The Morgan fingerprint density at radius 3 is 2.68 bits per heavy atom. The van der Waals surface area contributed by atoms with E-state index >= 15 is 0 Å². The molecule has 4 heteroatoms. The molecule has 1 aromatic carbocycles. The highest BCUT2D eigenvalue weighted by atomic mass is 16.6. The van der Waals surface area contributed by atoms with Crippen molar-refractivity contribution in [3.05, 3.63) is 29.8 Å². The van der Waals surface area contributed by atoms with Crippen LogP contribution in [0, 0.1) is 19.3 Å². The molecule has 1 aliphatic heterocycles. The van der Waals surface area contributed by atoms with Crippen molar-refractivity contribution in [1.29, 1.82) is 0 Å². The van der Waals surface area contributed by atoms with Gasteiger partial charge in [-0.15, -0.1) is 6.42 Å². The third kappa shape index (κ3) is 3.42. The second-order valence-electron chi connectivity index (χ2n) is 5.81. The van der Waals surface area contributed by atoms with Gasteiger partial charge in [-0.2, -0.15) is 0 Å². The highest BCUT2D eigenvalue weighted by Crippen LogP contribution is 2.29. The van der Waals surface area contributed by atoms with Crippen molar-refractivity contribution in [2.45, 2.75) is 45.3 Å². The van der Waals surface area contributed by atoms with Gasteiger partial charge in [-0.25, -0.2) is 4.79 Å². The number of terminal acetylenes is 1. The van der Waals surface area contributed by atoms with Crippen LogP contribution in [0.15, 0.2) is 24.3 Å². The van der Waals surface area contributed by atoms with Crippen LogP contribution in [0.2, 0.25) is 0 Å². The van der Waals surface area contributed by atoms with Crippen molar-refractivity contribution in [2.24, 2.45) is 0 Å². The number of ether oxygens (including phenoxy) is 1. The third-order valence-corrected chi connectivity index (χ3v) is 4.43. The molecule has 0 atom stereocenters. The van der Waals surface area contributed by atoms with Crippen LogP contribution in [0.3, 0.4) is 0 Å². The van der Waals surface area contributed by atoms with Gasteiger partial charge in [0.2, 0.25) is 0 Å². The number of amides is 1. The fraction of sp³-hybridized carbons (Fsp3) is 0.500. The Morgan fingerprint density at radius 1 is 1.45 bits per heavy atom. The number of hydrogen-bond donors (Lipinski definition) is 1. The molecule has 1 fully saturated rings. The Bertz CT molecular complexity index is 567. The summed E-state index contributed by atoms with van der Waals surface area (Å²) in [5, 5.41) is 2.76. The Kier molecular flexibility index (Phi) is 5.10. The summed E-state index contributed by atoms with van der Waals surface area (Å²) in [5.41, 5.74) is 1.64. The minimum Gasteiger partial charge on any atom is -0.443 e. The van der Waals surface area contributed by atoms with E-state index < -0.39 is 6.09 Å². The molecule has 0 radical (unpaired) electrons. The van der Waals surface area contributed by atoms with E-state index in [1.54, 1.807) is 0 Å². The molecule has 1 saturated heterocycles.